The lowest BCUT2D eigenvalue weighted by Crippen LogP contribution is -2.38. The highest BCUT2D eigenvalue weighted by Gasteiger charge is 2.25. The SMILES string of the molecule is COCCN(C)CCNC(=O)C1CCC(CN)CC1. The number of rotatable bonds is 8. The van der Waals surface area contributed by atoms with Gasteiger partial charge in [0.05, 0.1) is 6.61 Å². The van der Waals surface area contributed by atoms with Gasteiger partial charge in [-0.15, -0.1) is 0 Å². The topological polar surface area (TPSA) is 67.6 Å². The molecular weight excluding hydrogens is 242 g/mol. The largest absolute Gasteiger partial charge is 0.383 e. The van der Waals surface area contributed by atoms with Crippen LogP contribution in [0.25, 0.3) is 0 Å². The molecular formula is C14H29N3O2. The molecule has 0 saturated heterocycles. The Kier molecular flexibility index (Phi) is 8.02. The summed E-state index contributed by atoms with van der Waals surface area (Å²) in [6.07, 6.45) is 4.19. The van der Waals surface area contributed by atoms with Crippen LogP contribution in [0.4, 0.5) is 0 Å². The highest BCUT2D eigenvalue weighted by Crippen LogP contribution is 2.27. The van der Waals surface area contributed by atoms with Crippen molar-refractivity contribution in [2.45, 2.75) is 25.7 Å². The van der Waals surface area contributed by atoms with Crippen LogP contribution in [-0.2, 0) is 9.53 Å². The molecule has 0 radical (unpaired) electrons. The maximum Gasteiger partial charge on any atom is 0.223 e. The molecule has 0 aromatic carbocycles. The van der Waals surface area contributed by atoms with E-state index < -0.39 is 0 Å². The number of ether oxygens (including phenoxy) is 1. The molecule has 0 atom stereocenters. The van der Waals surface area contributed by atoms with E-state index in [0.29, 0.717) is 5.92 Å². The minimum absolute atomic E-state index is 0.201. The Morgan fingerprint density at radius 3 is 2.58 bits per heavy atom. The summed E-state index contributed by atoms with van der Waals surface area (Å²) in [4.78, 5) is 14.2. The van der Waals surface area contributed by atoms with Crippen LogP contribution in [0.5, 0.6) is 0 Å². The van der Waals surface area contributed by atoms with Crippen LogP contribution < -0.4 is 11.1 Å². The van der Waals surface area contributed by atoms with E-state index >= 15 is 0 Å². The van der Waals surface area contributed by atoms with Gasteiger partial charge in [0.1, 0.15) is 0 Å². The molecule has 0 aliphatic heterocycles. The minimum Gasteiger partial charge on any atom is -0.383 e. The second kappa shape index (κ2) is 9.28. The Hall–Kier alpha value is -0.650. The number of nitrogens with zero attached hydrogens (tertiary/aromatic N) is 1. The lowest BCUT2D eigenvalue weighted by atomic mass is 9.81. The second-order valence-corrected chi connectivity index (χ2v) is 5.54. The summed E-state index contributed by atoms with van der Waals surface area (Å²) in [6.45, 7) is 3.98. The van der Waals surface area contributed by atoms with Gasteiger partial charge in [-0.2, -0.15) is 0 Å². The van der Waals surface area contributed by atoms with Gasteiger partial charge in [0.15, 0.2) is 0 Å². The van der Waals surface area contributed by atoms with E-state index in [4.69, 9.17) is 10.5 Å². The Morgan fingerprint density at radius 1 is 1.32 bits per heavy atom. The number of methoxy groups -OCH3 is 1. The van der Waals surface area contributed by atoms with Crippen LogP contribution in [0.2, 0.25) is 0 Å². The lowest BCUT2D eigenvalue weighted by molar-refractivity contribution is -0.126. The zero-order chi connectivity index (χ0) is 14.1. The molecule has 5 nitrogen and oxygen atoms in total. The fraction of sp³-hybridized carbons (Fsp3) is 0.929. The van der Waals surface area contributed by atoms with Gasteiger partial charge in [-0.3, -0.25) is 4.79 Å². The third-order valence-corrected chi connectivity index (χ3v) is 4.02. The number of amides is 1. The third kappa shape index (κ3) is 6.36. The monoisotopic (exact) mass is 271 g/mol. The summed E-state index contributed by atoms with van der Waals surface area (Å²) >= 11 is 0. The van der Waals surface area contributed by atoms with E-state index in [0.717, 1.165) is 58.5 Å². The molecule has 19 heavy (non-hydrogen) atoms. The predicted molar refractivity (Wildman–Crippen MR) is 76.9 cm³/mol. The van der Waals surface area contributed by atoms with Crippen molar-refractivity contribution in [2.24, 2.45) is 17.6 Å². The molecule has 0 bridgehead atoms. The molecule has 1 rings (SSSR count). The first-order valence-corrected chi connectivity index (χ1v) is 7.32. The normalized spacial score (nSPS) is 23.6. The average Bonchev–Trinajstić information content (AvgIpc) is 2.45. The molecule has 0 aromatic rings. The fourth-order valence-corrected chi connectivity index (χ4v) is 2.53. The van der Waals surface area contributed by atoms with E-state index in [1.165, 1.54) is 0 Å². The van der Waals surface area contributed by atoms with Crippen molar-refractivity contribution in [3.8, 4) is 0 Å². The number of carbonyl (C=O) groups excluding carboxylic acids is 1. The zero-order valence-corrected chi connectivity index (χ0v) is 12.4. The van der Waals surface area contributed by atoms with Gasteiger partial charge >= 0.3 is 0 Å². The van der Waals surface area contributed by atoms with Gasteiger partial charge in [-0.25, -0.2) is 0 Å². The molecule has 0 aromatic heterocycles. The summed E-state index contributed by atoms with van der Waals surface area (Å²) < 4.78 is 5.02. The summed E-state index contributed by atoms with van der Waals surface area (Å²) in [7, 11) is 3.74. The van der Waals surface area contributed by atoms with Crippen LogP contribution in [-0.4, -0.2) is 57.8 Å². The predicted octanol–water partition coefficient (Wildman–Crippen LogP) is 0.446. The summed E-state index contributed by atoms with van der Waals surface area (Å²) in [6, 6.07) is 0. The number of carbonyl (C=O) groups is 1. The van der Waals surface area contributed by atoms with Crippen molar-refractivity contribution < 1.29 is 9.53 Å². The number of nitrogens with two attached hydrogens (primary N) is 1. The smallest absolute Gasteiger partial charge is 0.223 e. The molecule has 0 heterocycles. The van der Waals surface area contributed by atoms with Gasteiger partial charge < -0.3 is 20.7 Å². The van der Waals surface area contributed by atoms with Crippen molar-refractivity contribution in [3.05, 3.63) is 0 Å². The standard InChI is InChI=1S/C14H29N3O2/c1-17(9-10-19-2)8-7-16-14(18)13-5-3-12(11-15)4-6-13/h12-13H,3-11,15H2,1-2H3,(H,16,18). The van der Waals surface area contributed by atoms with Gasteiger partial charge in [0.25, 0.3) is 0 Å². The van der Waals surface area contributed by atoms with Gasteiger partial charge in [-0.05, 0) is 45.2 Å². The maximum absolute atomic E-state index is 12.0. The molecule has 3 N–H and O–H groups in total. The van der Waals surface area contributed by atoms with Crippen LogP contribution in [0.15, 0.2) is 0 Å². The first-order valence-electron chi connectivity index (χ1n) is 7.32. The molecule has 1 saturated carbocycles. The van der Waals surface area contributed by atoms with Crippen molar-refractivity contribution in [1.29, 1.82) is 0 Å². The van der Waals surface area contributed by atoms with Gasteiger partial charge in [0, 0.05) is 32.7 Å². The first-order chi connectivity index (χ1) is 9.17. The average molecular weight is 271 g/mol. The Bertz CT molecular complexity index is 253. The molecule has 0 unspecified atom stereocenters. The van der Waals surface area contributed by atoms with Crippen molar-refractivity contribution in [1.82, 2.24) is 10.2 Å². The van der Waals surface area contributed by atoms with Crippen LogP contribution in [0.3, 0.4) is 0 Å². The highest BCUT2D eigenvalue weighted by atomic mass is 16.5. The zero-order valence-electron chi connectivity index (χ0n) is 12.4. The molecule has 112 valence electrons. The summed E-state index contributed by atoms with van der Waals surface area (Å²) in [5.41, 5.74) is 5.66. The molecule has 1 aliphatic rings. The summed E-state index contributed by atoms with van der Waals surface area (Å²) in [5, 5.41) is 3.04. The van der Waals surface area contributed by atoms with E-state index in [-0.39, 0.29) is 11.8 Å². The van der Waals surface area contributed by atoms with E-state index in [9.17, 15) is 4.79 Å². The fourth-order valence-electron chi connectivity index (χ4n) is 2.53. The number of likely N-dealkylation sites (N-methyl/N-ethyl adjacent to an activating group) is 1. The van der Waals surface area contributed by atoms with Crippen molar-refractivity contribution >= 4 is 5.91 Å². The Labute approximate surface area is 116 Å². The van der Waals surface area contributed by atoms with Crippen molar-refractivity contribution in [2.75, 3.05) is 46.9 Å². The number of nitrogens with one attached hydrogen (secondary N) is 1. The van der Waals surface area contributed by atoms with Crippen LogP contribution >= 0.6 is 0 Å². The lowest BCUT2D eigenvalue weighted by Gasteiger charge is -2.27. The Balaban J connectivity index is 2.11. The molecule has 1 fully saturated rings. The van der Waals surface area contributed by atoms with E-state index in [2.05, 4.69) is 10.2 Å². The highest BCUT2D eigenvalue weighted by molar-refractivity contribution is 5.78. The van der Waals surface area contributed by atoms with Crippen molar-refractivity contribution in [3.63, 3.8) is 0 Å². The molecule has 1 aliphatic carbocycles. The molecule has 5 heteroatoms. The molecule has 0 spiro atoms. The summed E-state index contributed by atoms with van der Waals surface area (Å²) in [5.74, 6) is 1.05. The van der Waals surface area contributed by atoms with E-state index in [1.54, 1.807) is 7.11 Å². The van der Waals surface area contributed by atoms with Crippen LogP contribution in [0.1, 0.15) is 25.7 Å². The van der Waals surface area contributed by atoms with E-state index in [1.807, 2.05) is 7.05 Å². The minimum atomic E-state index is 0.201. The molecule has 1 amide bonds. The second-order valence-electron chi connectivity index (χ2n) is 5.54. The number of hydrogen-bond donors (Lipinski definition) is 2. The van der Waals surface area contributed by atoms with Gasteiger partial charge in [-0.1, -0.05) is 0 Å². The number of hydrogen-bond acceptors (Lipinski definition) is 4. The first kappa shape index (κ1) is 16.4. The van der Waals surface area contributed by atoms with Crippen LogP contribution in [0, 0.1) is 11.8 Å². The Morgan fingerprint density at radius 2 is 2.00 bits per heavy atom. The van der Waals surface area contributed by atoms with Gasteiger partial charge in [0.2, 0.25) is 5.91 Å². The third-order valence-electron chi connectivity index (χ3n) is 4.02. The quantitative estimate of drug-likeness (QED) is 0.672. The maximum atomic E-state index is 12.0.